The Labute approximate surface area is 779 Å². The summed E-state index contributed by atoms with van der Waals surface area (Å²) in [6.07, 6.45) is 8.75. The zero-order chi connectivity index (χ0) is 89.8. The molecule has 0 amide bonds. The van der Waals surface area contributed by atoms with Crippen LogP contribution < -0.4 is 0 Å². The molecule has 0 aliphatic carbocycles. The van der Waals surface area contributed by atoms with Crippen LogP contribution in [-0.4, -0.2) is 44.9 Å². The summed E-state index contributed by atoms with van der Waals surface area (Å²) >= 11 is 0. The number of hydrogen-bond donors (Lipinski definition) is 0. The molecule has 12 heterocycles. The standard InChI is InChI=1S/C26H21N2O.C24H17N2O.C23H15N2O.C14H14N.C12H10N.C11H8N.3Ir/c1-16(2)18-8-10-19(11-9-18)20-13-14-27-24(15-20)23-6-4-5-21-22-12-7-17(3)28-26(22)29-25(21)23;1-15-6-9-17(10-7-15)18-12-13-25-22(14-18)21-5-3-4-19-20-11-8-16(2)26-24(20)27-23(19)21;1-15-10-11-19-18-8-5-9-20(22(18)26-23(19)25-15)21-14-17(12-13-24-21)16-6-3-2-4-7-16;1-11(2)13-8-9-14(15-10-13)12-6-4-3-5-7-12;1-10-6-5-9-12(13-10)11-7-3-2-4-8-11;1-2-6-10(7-3-1)11-8-4-5-9-12-11;;;/h4-5,7-16H,1-3H3;3-4,6-14H,1-2H3;2-8,10-14H,1H3;3-6,8-11H,1-2H3;2-7,9H,1H3;1-6,8-9H;;;/q6*-1;;;/i;;;1D3,11D;1D3;;;;. The molecule has 1 atom stereocenters. The Morgan fingerprint density at radius 1 is 0.296 bits per heavy atom. The number of furan rings is 3. The molecule has 0 saturated heterocycles. The number of rotatable bonds is 11. The molecule has 12 aromatic heterocycles. The average Bonchev–Trinajstić information content (AvgIpc) is 1.55. The van der Waals surface area contributed by atoms with E-state index in [1.165, 1.54) is 41.4 Å². The molecule has 125 heavy (non-hydrogen) atoms. The van der Waals surface area contributed by atoms with Crippen molar-refractivity contribution >= 4 is 66.2 Å². The first-order valence-corrected chi connectivity index (χ1v) is 39.9. The molecule has 1 unspecified atom stereocenters. The van der Waals surface area contributed by atoms with E-state index < -0.39 is 19.6 Å². The van der Waals surface area contributed by atoms with Crippen LogP contribution >= 0.6 is 0 Å². The summed E-state index contributed by atoms with van der Waals surface area (Å²) in [7, 11) is 0. The minimum atomic E-state index is -2.38. The van der Waals surface area contributed by atoms with Gasteiger partial charge < -0.3 is 43.2 Å². The Morgan fingerprint density at radius 3 is 1.10 bits per heavy atom. The average molecular weight is 2160 g/mol. The molecule has 621 valence electrons. The largest absolute Gasteiger partial charge is 0.486 e. The van der Waals surface area contributed by atoms with Crippen molar-refractivity contribution in [3.8, 4) is 101 Å². The first kappa shape index (κ1) is 80.1. The van der Waals surface area contributed by atoms with Crippen molar-refractivity contribution in [2.75, 3.05) is 0 Å². The van der Waals surface area contributed by atoms with Gasteiger partial charge in [-0.25, -0.2) is 15.0 Å². The van der Waals surface area contributed by atoms with E-state index in [4.69, 9.17) is 22.8 Å². The number of hydrogen-bond acceptors (Lipinski definition) is 12. The van der Waals surface area contributed by atoms with Crippen molar-refractivity contribution in [3.05, 3.63) is 416 Å². The van der Waals surface area contributed by atoms with E-state index in [-0.39, 0.29) is 66.0 Å². The minimum Gasteiger partial charge on any atom is -0.486 e. The molecule has 21 aromatic rings. The number of aromatic nitrogens is 9. The third-order valence-corrected chi connectivity index (χ3v) is 20.3. The van der Waals surface area contributed by atoms with E-state index in [2.05, 4.69) is 199 Å². The third kappa shape index (κ3) is 21.7. The van der Waals surface area contributed by atoms with Gasteiger partial charge in [-0.1, -0.05) is 199 Å². The summed E-state index contributed by atoms with van der Waals surface area (Å²) in [5.74, 6) is -1.13. The summed E-state index contributed by atoms with van der Waals surface area (Å²) in [4.78, 5) is 39.9. The van der Waals surface area contributed by atoms with Crippen molar-refractivity contribution in [2.45, 2.75) is 74.0 Å². The molecule has 0 saturated carbocycles. The maximum atomic E-state index is 7.98. The van der Waals surface area contributed by atoms with Gasteiger partial charge in [0.2, 0.25) is 17.1 Å². The fourth-order valence-corrected chi connectivity index (χ4v) is 13.9. The number of benzene rings is 9. The van der Waals surface area contributed by atoms with E-state index in [1.807, 2.05) is 209 Å². The topological polar surface area (TPSA) is 155 Å². The molecule has 15 heteroatoms. The summed E-state index contributed by atoms with van der Waals surface area (Å²) in [6, 6.07) is 120. The van der Waals surface area contributed by atoms with E-state index in [0.29, 0.717) is 40.0 Å². The van der Waals surface area contributed by atoms with Crippen LogP contribution in [0.2, 0.25) is 0 Å². The van der Waals surface area contributed by atoms with Gasteiger partial charge in [0.05, 0.1) is 16.7 Å². The molecular formula is C110H85Ir3N9O3-6. The van der Waals surface area contributed by atoms with E-state index in [0.717, 1.165) is 145 Å². The van der Waals surface area contributed by atoms with Gasteiger partial charge >= 0.3 is 0 Å². The SMILES string of the molecule is Cc1ccc(-c2ccnc(-c3[c-]ccc4c3oc3nc(C)ccc34)c2)cc1.Cc1ccc2c(n1)oc1c(-c3cc(-c4ccc(C(C)C)cc4)ccn3)[c-]ccc12.Cc1ccc2c(n1)oc1c(-c3cc(-c4ccccc4)ccn3)[c-]ccc12.[2H]C([2H])([2H])C([2H])(C)c1ccc(-c2[c-]cccc2)nc1.[2H]C([2H])([2H])c1cccc(-c2[c-]cccc2)n1.[Ir].[Ir].[Ir].[c-]1ccccc1-c1ccccn1. The quantitative estimate of drug-likeness (QED) is 0.113. The van der Waals surface area contributed by atoms with Crippen molar-refractivity contribution < 1.29 is 83.2 Å². The first-order valence-electron chi connectivity index (χ1n) is 43.4. The zero-order valence-electron chi connectivity index (χ0n) is 76.2. The van der Waals surface area contributed by atoms with Crippen molar-refractivity contribution in [1.29, 1.82) is 0 Å². The zero-order valence-corrected chi connectivity index (χ0v) is 76.3. The van der Waals surface area contributed by atoms with E-state index >= 15 is 0 Å². The second-order valence-electron chi connectivity index (χ2n) is 29.3. The molecule has 12 nitrogen and oxygen atoms in total. The van der Waals surface area contributed by atoms with Crippen LogP contribution in [0.5, 0.6) is 0 Å². The molecule has 0 aliphatic heterocycles. The van der Waals surface area contributed by atoms with Crippen LogP contribution in [0.4, 0.5) is 0 Å². The molecular weight excluding hydrogens is 2070 g/mol. The maximum Gasteiger partial charge on any atom is 0.216 e. The van der Waals surface area contributed by atoms with Crippen molar-refractivity contribution in [1.82, 2.24) is 44.9 Å². The van der Waals surface area contributed by atoms with Gasteiger partial charge in [-0.05, 0) is 192 Å². The second-order valence-corrected chi connectivity index (χ2v) is 29.3. The predicted octanol–water partition coefficient (Wildman–Crippen LogP) is 28.0. The molecule has 9 aromatic carbocycles. The van der Waals surface area contributed by atoms with Crippen LogP contribution in [0.1, 0.15) is 88.5 Å². The van der Waals surface area contributed by atoms with Gasteiger partial charge in [0.1, 0.15) is 0 Å². The fourth-order valence-electron chi connectivity index (χ4n) is 13.9. The van der Waals surface area contributed by atoms with E-state index in [9.17, 15) is 0 Å². The molecule has 3 radical (unpaired) electrons. The Morgan fingerprint density at radius 2 is 0.696 bits per heavy atom. The van der Waals surface area contributed by atoms with Crippen LogP contribution in [0.25, 0.3) is 167 Å². The Bertz CT molecular complexity index is 7410. The van der Waals surface area contributed by atoms with E-state index in [1.54, 1.807) is 42.6 Å². The van der Waals surface area contributed by atoms with Crippen LogP contribution in [0, 0.1) is 70.9 Å². The third-order valence-electron chi connectivity index (χ3n) is 20.3. The number of aryl methyl sites for hydroxylation is 5. The molecule has 0 N–H and O–H groups in total. The van der Waals surface area contributed by atoms with Gasteiger partial charge in [-0.15, -0.1) is 162 Å². The normalized spacial score (nSPS) is 12.2. The Kier molecular flexibility index (Phi) is 27.0. The Balaban J connectivity index is 0.000000137. The summed E-state index contributed by atoms with van der Waals surface area (Å²) in [5.41, 5.74) is 27.1. The number of fused-ring (bicyclic) bond motifs is 9. The summed E-state index contributed by atoms with van der Waals surface area (Å²) in [5, 5.41) is 6.15. The van der Waals surface area contributed by atoms with Crippen LogP contribution in [0.15, 0.2) is 354 Å². The maximum absolute atomic E-state index is 7.98. The summed E-state index contributed by atoms with van der Waals surface area (Å²) in [6.45, 7) is 9.24. The first-order chi connectivity index (χ1) is 62.4. The monoisotopic (exact) mass is 2170 g/mol. The molecule has 0 aliphatic rings. The van der Waals surface area contributed by atoms with Gasteiger partial charge in [0, 0.05) is 140 Å². The van der Waals surface area contributed by atoms with Crippen LogP contribution in [0.3, 0.4) is 0 Å². The smallest absolute Gasteiger partial charge is 0.216 e. The predicted molar refractivity (Wildman–Crippen MR) is 494 cm³/mol. The number of pyridine rings is 9. The van der Waals surface area contributed by atoms with Gasteiger partial charge in [-0.2, -0.15) is 0 Å². The van der Waals surface area contributed by atoms with Crippen molar-refractivity contribution in [2.24, 2.45) is 0 Å². The number of nitrogens with zero attached hydrogens (tertiary/aromatic N) is 9. The Hall–Kier alpha value is -13.3. The van der Waals surface area contributed by atoms with Gasteiger partial charge in [-0.3, -0.25) is 0 Å². The van der Waals surface area contributed by atoms with Gasteiger partial charge in [0.25, 0.3) is 0 Å². The molecule has 0 fully saturated rings. The van der Waals surface area contributed by atoms with Gasteiger partial charge in [0.15, 0.2) is 0 Å². The molecule has 0 bridgehead atoms. The minimum absolute atomic E-state index is 0. The fraction of sp³-hybridized carbons (Fsp3) is 0.100. The van der Waals surface area contributed by atoms with Crippen molar-refractivity contribution in [3.63, 3.8) is 0 Å². The van der Waals surface area contributed by atoms with Crippen LogP contribution in [-0.2, 0) is 60.3 Å². The molecule has 0 spiro atoms. The molecule has 21 rings (SSSR count). The second kappa shape index (κ2) is 42.2. The summed E-state index contributed by atoms with van der Waals surface area (Å²) < 4.78 is 70.4.